The Labute approximate surface area is 156 Å². The Morgan fingerprint density at radius 3 is 2.85 bits per heavy atom. The number of hydrogen-bond donors (Lipinski definition) is 3. The van der Waals surface area contributed by atoms with Crippen molar-refractivity contribution in [2.24, 2.45) is 16.3 Å². The Hall–Kier alpha value is -2.10. The van der Waals surface area contributed by atoms with Gasteiger partial charge in [0.05, 0.1) is 6.10 Å². The number of aliphatic imine (C=N–C) groups is 1. The maximum atomic E-state index is 12.7. The molecule has 1 aromatic heterocycles. The summed E-state index contributed by atoms with van der Waals surface area (Å²) in [6, 6.07) is 1.12. The van der Waals surface area contributed by atoms with Crippen molar-refractivity contribution in [2.75, 3.05) is 32.1 Å². The van der Waals surface area contributed by atoms with Gasteiger partial charge in [-0.2, -0.15) is 13.2 Å². The molecule has 0 spiro atoms. The van der Waals surface area contributed by atoms with Crippen LogP contribution in [0.15, 0.2) is 17.3 Å². The number of nitrogens with one attached hydrogen (secondary N) is 3. The Morgan fingerprint density at radius 1 is 1.37 bits per heavy atom. The van der Waals surface area contributed by atoms with Crippen molar-refractivity contribution >= 4 is 11.9 Å². The summed E-state index contributed by atoms with van der Waals surface area (Å²) < 4.78 is 43.8. The summed E-state index contributed by atoms with van der Waals surface area (Å²) in [5.74, 6) is 1.08. The van der Waals surface area contributed by atoms with Crippen LogP contribution in [0.3, 0.4) is 0 Å². The first-order valence-electron chi connectivity index (χ1n) is 8.96. The van der Waals surface area contributed by atoms with Gasteiger partial charge in [0.2, 0.25) is 5.95 Å². The van der Waals surface area contributed by atoms with Gasteiger partial charge >= 0.3 is 6.18 Å². The number of fused-ring (bicyclic) bond motifs is 1. The molecule has 3 rings (SSSR count). The van der Waals surface area contributed by atoms with Gasteiger partial charge in [0.25, 0.3) is 0 Å². The number of aromatic nitrogens is 2. The van der Waals surface area contributed by atoms with Gasteiger partial charge in [0.15, 0.2) is 5.96 Å². The molecule has 0 amide bonds. The fourth-order valence-corrected chi connectivity index (χ4v) is 3.92. The molecule has 2 aliphatic rings. The predicted molar refractivity (Wildman–Crippen MR) is 95.4 cm³/mol. The maximum absolute atomic E-state index is 12.7. The lowest BCUT2D eigenvalue weighted by molar-refractivity contribution is -0.141. The highest BCUT2D eigenvalue weighted by Gasteiger charge is 2.59. The third-order valence-electron chi connectivity index (χ3n) is 5.26. The highest BCUT2D eigenvalue weighted by molar-refractivity contribution is 5.80. The van der Waals surface area contributed by atoms with Crippen molar-refractivity contribution in [3.8, 4) is 0 Å². The van der Waals surface area contributed by atoms with Gasteiger partial charge in [0, 0.05) is 50.3 Å². The van der Waals surface area contributed by atoms with Crippen molar-refractivity contribution in [3.63, 3.8) is 0 Å². The number of anilines is 1. The smallest absolute Gasteiger partial charge is 0.377 e. The van der Waals surface area contributed by atoms with Crippen LogP contribution >= 0.6 is 0 Å². The number of ether oxygens (including phenoxy) is 1. The van der Waals surface area contributed by atoms with E-state index in [2.05, 4.69) is 44.8 Å². The van der Waals surface area contributed by atoms with Crippen LogP contribution in [0.2, 0.25) is 0 Å². The first-order valence-corrected chi connectivity index (χ1v) is 8.96. The zero-order valence-corrected chi connectivity index (χ0v) is 15.6. The third kappa shape index (κ3) is 4.10. The lowest BCUT2D eigenvalue weighted by Gasteiger charge is -2.54. The first kappa shape index (κ1) is 19.7. The van der Waals surface area contributed by atoms with Crippen molar-refractivity contribution in [2.45, 2.75) is 38.6 Å². The van der Waals surface area contributed by atoms with E-state index < -0.39 is 11.9 Å². The summed E-state index contributed by atoms with van der Waals surface area (Å²) >= 11 is 0. The van der Waals surface area contributed by atoms with Crippen LogP contribution < -0.4 is 16.0 Å². The zero-order chi connectivity index (χ0) is 19.7. The maximum Gasteiger partial charge on any atom is 0.433 e. The molecule has 3 atom stereocenters. The van der Waals surface area contributed by atoms with Gasteiger partial charge in [-0.1, -0.05) is 13.8 Å². The van der Waals surface area contributed by atoms with Gasteiger partial charge in [-0.25, -0.2) is 9.97 Å². The fourth-order valence-electron chi connectivity index (χ4n) is 3.92. The number of guanidine groups is 1. The van der Waals surface area contributed by atoms with E-state index in [0.29, 0.717) is 25.0 Å². The molecule has 150 valence electrons. The van der Waals surface area contributed by atoms with Crippen LogP contribution in [0.1, 0.15) is 26.0 Å². The molecular weight excluding hydrogens is 361 g/mol. The summed E-state index contributed by atoms with van der Waals surface area (Å²) in [6.45, 7) is 5.96. The minimum Gasteiger partial charge on any atom is -0.377 e. The average Bonchev–Trinajstić information content (AvgIpc) is 3.08. The van der Waals surface area contributed by atoms with Crippen LogP contribution in [0.5, 0.6) is 0 Å². The van der Waals surface area contributed by atoms with E-state index in [0.717, 1.165) is 25.3 Å². The summed E-state index contributed by atoms with van der Waals surface area (Å²) in [6.07, 6.45) is -2.07. The normalized spacial score (nSPS) is 26.9. The number of nitrogens with zero attached hydrogens (tertiary/aromatic N) is 3. The summed E-state index contributed by atoms with van der Waals surface area (Å²) in [5.41, 5.74) is -0.936. The molecule has 3 unspecified atom stereocenters. The van der Waals surface area contributed by atoms with E-state index in [-0.39, 0.29) is 23.5 Å². The number of hydrogen-bond acceptors (Lipinski definition) is 5. The molecule has 1 aromatic rings. The number of rotatable bonds is 5. The SMILES string of the molecule is CN=C(NCCNc1nccc(C(F)(F)F)n1)NC1C2CCOC2C1(C)C. The van der Waals surface area contributed by atoms with E-state index in [1.807, 2.05) is 0 Å². The van der Waals surface area contributed by atoms with E-state index >= 15 is 0 Å². The van der Waals surface area contributed by atoms with Crippen molar-refractivity contribution in [1.29, 1.82) is 0 Å². The molecular formula is C17H25F3N6O. The van der Waals surface area contributed by atoms with E-state index in [1.54, 1.807) is 7.05 Å². The molecule has 1 aliphatic carbocycles. The van der Waals surface area contributed by atoms with E-state index in [9.17, 15) is 13.2 Å². The second-order valence-corrected chi connectivity index (χ2v) is 7.38. The Balaban J connectivity index is 1.46. The molecule has 1 saturated carbocycles. The molecule has 1 aliphatic heterocycles. The second kappa shape index (κ2) is 7.49. The molecule has 1 saturated heterocycles. The van der Waals surface area contributed by atoms with Crippen molar-refractivity contribution in [3.05, 3.63) is 18.0 Å². The van der Waals surface area contributed by atoms with E-state index in [1.165, 1.54) is 0 Å². The lowest BCUT2D eigenvalue weighted by Crippen LogP contribution is -2.68. The van der Waals surface area contributed by atoms with Crippen LogP contribution in [-0.2, 0) is 10.9 Å². The molecule has 0 bridgehead atoms. The monoisotopic (exact) mass is 386 g/mol. The summed E-state index contributed by atoms with van der Waals surface area (Å²) in [7, 11) is 1.69. The standard InChI is InChI=1S/C17H25F3N6O/c1-16(2)12(10-5-9-27-13(10)16)26-14(21-3)23-7-8-24-15-22-6-4-11(25-15)17(18,19)20/h4,6,10,12-13H,5,7-9H2,1-3H3,(H2,21,23,26)(H,22,24,25). The topological polar surface area (TPSA) is 83.5 Å². The summed E-state index contributed by atoms with van der Waals surface area (Å²) in [5, 5.41) is 9.39. The van der Waals surface area contributed by atoms with Crippen LogP contribution in [0.4, 0.5) is 19.1 Å². The van der Waals surface area contributed by atoms with Gasteiger partial charge in [0.1, 0.15) is 5.69 Å². The highest BCUT2D eigenvalue weighted by Crippen LogP contribution is 2.52. The van der Waals surface area contributed by atoms with E-state index in [4.69, 9.17) is 4.74 Å². The van der Waals surface area contributed by atoms with Crippen molar-refractivity contribution < 1.29 is 17.9 Å². The molecule has 0 aromatic carbocycles. The Morgan fingerprint density at radius 2 is 2.15 bits per heavy atom. The highest BCUT2D eigenvalue weighted by atomic mass is 19.4. The molecule has 10 heteroatoms. The molecule has 7 nitrogen and oxygen atoms in total. The van der Waals surface area contributed by atoms with Crippen LogP contribution in [-0.4, -0.2) is 54.8 Å². The quantitative estimate of drug-likeness (QED) is 0.407. The second-order valence-electron chi connectivity index (χ2n) is 7.38. The minimum atomic E-state index is -4.49. The van der Waals surface area contributed by atoms with Gasteiger partial charge in [-0.3, -0.25) is 4.99 Å². The third-order valence-corrected chi connectivity index (χ3v) is 5.26. The number of alkyl halides is 3. The van der Waals surface area contributed by atoms with Gasteiger partial charge in [-0.05, 0) is 12.5 Å². The van der Waals surface area contributed by atoms with Crippen molar-refractivity contribution in [1.82, 2.24) is 20.6 Å². The van der Waals surface area contributed by atoms with Crippen LogP contribution in [0.25, 0.3) is 0 Å². The summed E-state index contributed by atoms with van der Waals surface area (Å²) in [4.78, 5) is 11.5. The molecule has 3 N–H and O–H groups in total. The zero-order valence-electron chi connectivity index (χ0n) is 15.6. The van der Waals surface area contributed by atoms with Crippen LogP contribution in [0, 0.1) is 11.3 Å². The lowest BCUT2D eigenvalue weighted by atomic mass is 9.57. The number of halogens is 3. The fraction of sp³-hybridized carbons (Fsp3) is 0.706. The molecule has 0 radical (unpaired) electrons. The predicted octanol–water partition coefficient (Wildman–Crippen LogP) is 1.89. The first-order chi connectivity index (χ1) is 12.7. The average molecular weight is 386 g/mol. The van der Waals surface area contributed by atoms with Gasteiger partial charge < -0.3 is 20.7 Å². The Kier molecular flexibility index (Phi) is 5.45. The Bertz CT molecular complexity index is 693. The minimum absolute atomic E-state index is 0.0307. The van der Waals surface area contributed by atoms with Gasteiger partial charge in [-0.15, -0.1) is 0 Å². The molecule has 2 fully saturated rings. The largest absolute Gasteiger partial charge is 0.433 e. The molecule has 2 heterocycles. The molecule has 27 heavy (non-hydrogen) atoms.